The Hall–Kier alpha value is -3.94. The van der Waals surface area contributed by atoms with Crippen LogP contribution in [0.2, 0.25) is 0 Å². The normalized spacial score (nSPS) is 11.2. The zero-order chi connectivity index (χ0) is 28.2. The van der Waals surface area contributed by atoms with Crippen molar-refractivity contribution in [2.24, 2.45) is 11.7 Å². The SMILES string of the molecule is NN(N)CCCCCCN(Cc1ccc(C(=O)c2ccccc2)cc1)Cc1ccc(C(=O)c2ccccc2)cc1. The van der Waals surface area contributed by atoms with E-state index < -0.39 is 0 Å². The van der Waals surface area contributed by atoms with E-state index >= 15 is 0 Å². The molecule has 4 aromatic carbocycles. The first-order valence-electron chi connectivity index (χ1n) is 13.9. The maximum Gasteiger partial charge on any atom is 0.193 e. The Morgan fingerprint density at radius 1 is 0.475 bits per heavy atom. The molecule has 4 rings (SSSR count). The molecule has 0 heterocycles. The fourth-order valence-electron chi connectivity index (χ4n) is 4.75. The summed E-state index contributed by atoms with van der Waals surface area (Å²) in [6.45, 7) is 3.16. The van der Waals surface area contributed by atoms with Gasteiger partial charge in [0.15, 0.2) is 11.6 Å². The highest BCUT2D eigenvalue weighted by Gasteiger charge is 2.12. The largest absolute Gasteiger partial charge is 0.295 e. The molecule has 0 fully saturated rings. The number of unbranched alkanes of at least 4 members (excludes halogenated alkanes) is 3. The van der Waals surface area contributed by atoms with Gasteiger partial charge in [-0.1, -0.05) is 122 Å². The van der Waals surface area contributed by atoms with E-state index in [4.69, 9.17) is 11.7 Å². The zero-order valence-electron chi connectivity index (χ0n) is 22.9. The lowest BCUT2D eigenvalue weighted by Crippen LogP contribution is -2.38. The summed E-state index contributed by atoms with van der Waals surface area (Å²) in [5.41, 5.74) is 5.07. The van der Waals surface area contributed by atoms with E-state index in [2.05, 4.69) is 4.90 Å². The molecule has 40 heavy (non-hydrogen) atoms. The Morgan fingerprint density at radius 2 is 0.850 bits per heavy atom. The molecule has 6 heteroatoms. The van der Waals surface area contributed by atoms with Gasteiger partial charge < -0.3 is 0 Å². The number of ketones is 2. The van der Waals surface area contributed by atoms with E-state index in [0.717, 1.165) is 56.4 Å². The summed E-state index contributed by atoms with van der Waals surface area (Å²) in [7, 11) is 0. The lowest BCUT2D eigenvalue weighted by Gasteiger charge is -2.23. The third-order valence-corrected chi connectivity index (χ3v) is 6.96. The van der Waals surface area contributed by atoms with Crippen molar-refractivity contribution in [3.05, 3.63) is 143 Å². The second-order valence-corrected chi connectivity index (χ2v) is 10.1. The smallest absolute Gasteiger partial charge is 0.193 e. The molecule has 0 unspecified atom stereocenters. The van der Waals surface area contributed by atoms with Crippen LogP contribution in [-0.4, -0.2) is 34.7 Å². The molecule has 0 aliphatic rings. The van der Waals surface area contributed by atoms with Gasteiger partial charge in [0.25, 0.3) is 0 Å². The van der Waals surface area contributed by atoms with Crippen LogP contribution in [0.1, 0.15) is 68.7 Å². The van der Waals surface area contributed by atoms with Crippen molar-refractivity contribution < 1.29 is 9.59 Å². The van der Waals surface area contributed by atoms with Crippen molar-refractivity contribution in [2.45, 2.75) is 38.8 Å². The Balaban J connectivity index is 1.40. The van der Waals surface area contributed by atoms with Gasteiger partial charge in [0.2, 0.25) is 0 Å². The fourth-order valence-corrected chi connectivity index (χ4v) is 4.75. The summed E-state index contributed by atoms with van der Waals surface area (Å²) in [6, 6.07) is 34.5. The molecule has 0 spiro atoms. The maximum atomic E-state index is 12.8. The second kappa shape index (κ2) is 15.0. The summed E-state index contributed by atoms with van der Waals surface area (Å²) in [5.74, 6) is 11.1. The molecule has 0 radical (unpaired) electrons. The van der Waals surface area contributed by atoms with Gasteiger partial charge in [-0.2, -0.15) is 5.12 Å². The molecule has 0 aliphatic carbocycles. The third-order valence-electron chi connectivity index (χ3n) is 6.96. The van der Waals surface area contributed by atoms with E-state index in [1.54, 1.807) is 0 Å². The van der Waals surface area contributed by atoms with Gasteiger partial charge in [-0.25, -0.2) is 0 Å². The van der Waals surface area contributed by atoms with Crippen LogP contribution in [0.15, 0.2) is 109 Å². The summed E-state index contributed by atoms with van der Waals surface area (Å²) in [4.78, 5) is 28.0. The van der Waals surface area contributed by atoms with Crippen LogP contribution in [0.3, 0.4) is 0 Å². The minimum absolute atomic E-state index is 0.0302. The maximum absolute atomic E-state index is 12.8. The van der Waals surface area contributed by atoms with Gasteiger partial charge in [-0.05, 0) is 30.5 Å². The van der Waals surface area contributed by atoms with Crippen molar-refractivity contribution in [1.82, 2.24) is 10.0 Å². The monoisotopic (exact) mass is 534 g/mol. The summed E-state index contributed by atoms with van der Waals surface area (Å²) < 4.78 is 0. The molecular formula is C34H38N4O2. The lowest BCUT2D eigenvalue weighted by atomic mass is 10.0. The van der Waals surface area contributed by atoms with Crippen LogP contribution in [0.5, 0.6) is 0 Å². The molecule has 0 saturated heterocycles. The Bertz CT molecular complexity index is 1240. The van der Waals surface area contributed by atoms with Crippen LogP contribution in [0, 0.1) is 0 Å². The minimum atomic E-state index is 0.0302. The highest BCUT2D eigenvalue weighted by molar-refractivity contribution is 6.09. The number of hydrazine groups is 2. The van der Waals surface area contributed by atoms with Crippen molar-refractivity contribution in [3.8, 4) is 0 Å². The third kappa shape index (κ3) is 8.79. The quantitative estimate of drug-likeness (QED) is 0.0872. The van der Waals surface area contributed by atoms with Gasteiger partial charge >= 0.3 is 0 Å². The molecule has 0 amide bonds. The van der Waals surface area contributed by atoms with Crippen molar-refractivity contribution in [3.63, 3.8) is 0 Å². The Morgan fingerprint density at radius 3 is 1.25 bits per heavy atom. The standard InChI is InChI=1S/C34H38N4O2/c35-38(36)24-10-2-1-9-23-37(25-27-15-19-31(20-16-27)33(39)29-11-5-3-6-12-29)26-28-17-21-32(22-18-28)34(40)30-13-7-4-8-14-30/h3-8,11-22H,1-2,9-10,23-26,35-36H2. The molecular weight excluding hydrogens is 496 g/mol. The molecule has 6 nitrogen and oxygen atoms in total. The average molecular weight is 535 g/mol. The minimum Gasteiger partial charge on any atom is -0.295 e. The Labute approximate surface area is 237 Å². The average Bonchev–Trinajstić information content (AvgIpc) is 2.99. The molecule has 0 aliphatic heterocycles. The predicted octanol–water partition coefficient (Wildman–Crippen LogP) is 5.76. The molecule has 4 N–H and O–H groups in total. The van der Waals surface area contributed by atoms with E-state index in [9.17, 15) is 9.59 Å². The Kier molecular flexibility index (Phi) is 10.9. The molecule has 206 valence electrons. The number of benzene rings is 4. The number of hydrogen-bond acceptors (Lipinski definition) is 6. The predicted molar refractivity (Wildman–Crippen MR) is 160 cm³/mol. The van der Waals surface area contributed by atoms with Crippen molar-refractivity contribution in [1.29, 1.82) is 0 Å². The number of carbonyl (C=O) groups excluding carboxylic acids is 2. The van der Waals surface area contributed by atoms with Gasteiger partial charge in [0.1, 0.15) is 0 Å². The van der Waals surface area contributed by atoms with E-state index in [0.29, 0.717) is 28.8 Å². The first-order valence-corrected chi connectivity index (χ1v) is 13.9. The topological polar surface area (TPSA) is 92.7 Å². The lowest BCUT2D eigenvalue weighted by molar-refractivity contribution is 0.103. The highest BCUT2D eigenvalue weighted by Crippen LogP contribution is 2.17. The number of hydrogen-bond donors (Lipinski definition) is 2. The van der Waals surface area contributed by atoms with Crippen LogP contribution in [0.4, 0.5) is 0 Å². The van der Waals surface area contributed by atoms with Crippen molar-refractivity contribution in [2.75, 3.05) is 13.1 Å². The molecule has 0 aromatic heterocycles. The summed E-state index contributed by atoms with van der Waals surface area (Å²) in [5, 5.41) is 1.24. The number of carbonyl (C=O) groups is 2. The van der Waals surface area contributed by atoms with Gasteiger partial charge in [0.05, 0.1) is 0 Å². The van der Waals surface area contributed by atoms with Crippen LogP contribution < -0.4 is 11.7 Å². The van der Waals surface area contributed by atoms with Gasteiger partial charge in [0, 0.05) is 41.9 Å². The fraction of sp³-hybridized carbons (Fsp3) is 0.235. The van der Waals surface area contributed by atoms with Gasteiger partial charge in [-0.15, -0.1) is 0 Å². The molecule has 0 atom stereocenters. The zero-order valence-corrected chi connectivity index (χ0v) is 22.9. The summed E-state index contributed by atoms with van der Waals surface area (Å²) >= 11 is 0. The van der Waals surface area contributed by atoms with E-state index in [1.807, 2.05) is 109 Å². The van der Waals surface area contributed by atoms with E-state index in [-0.39, 0.29) is 11.6 Å². The first kappa shape index (κ1) is 29.1. The number of nitrogens with zero attached hydrogens (tertiary/aromatic N) is 2. The second-order valence-electron chi connectivity index (χ2n) is 10.1. The summed E-state index contributed by atoms with van der Waals surface area (Å²) in [6.07, 6.45) is 4.20. The molecule has 0 bridgehead atoms. The van der Waals surface area contributed by atoms with Crippen LogP contribution in [-0.2, 0) is 13.1 Å². The number of nitrogens with two attached hydrogens (primary N) is 2. The van der Waals surface area contributed by atoms with Crippen LogP contribution >= 0.6 is 0 Å². The first-order chi connectivity index (χ1) is 19.5. The van der Waals surface area contributed by atoms with Gasteiger partial charge in [-0.3, -0.25) is 26.2 Å². The molecule has 4 aromatic rings. The number of rotatable bonds is 15. The molecule has 0 saturated carbocycles. The van der Waals surface area contributed by atoms with E-state index in [1.165, 1.54) is 5.12 Å². The van der Waals surface area contributed by atoms with Crippen LogP contribution in [0.25, 0.3) is 0 Å². The van der Waals surface area contributed by atoms with Crippen molar-refractivity contribution >= 4 is 11.6 Å². The highest BCUT2D eigenvalue weighted by atomic mass is 16.1.